The van der Waals surface area contributed by atoms with Crippen LogP contribution in [-0.4, -0.2) is 39.4 Å². The minimum atomic E-state index is 0.420. The van der Waals surface area contributed by atoms with Crippen LogP contribution in [0, 0.1) is 0 Å². The van der Waals surface area contributed by atoms with Crippen molar-refractivity contribution in [3.8, 4) is 0 Å². The molecule has 1 aromatic rings. The van der Waals surface area contributed by atoms with Gasteiger partial charge in [-0.2, -0.15) is 0 Å². The summed E-state index contributed by atoms with van der Waals surface area (Å²) in [5.74, 6) is 0. The molecule has 2 rings (SSSR count). The molecule has 1 fully saturated rings. The van der Waals surface area contributed by atoms with Crippen molar-refractivity contribution in [1.29, 1.82) is 0 Å². The summed E-state index contributed by atoms with van der Waals surface area (Å²) < 4.78 is 5.36. The number of thiophene rings is 1. The van der Waals surface area contributed by atoms with E-state index in [4.69, 9.17) is 4.74 Å². The van der Waals surface area contributed by atoms with Crippen molar-refractivity contribution in [2.75, 3.05) is 38.3 Å². The first-order chi connectivity index (χ1) is 8.29. The zero-order valence-electron chi connectivity index (χ0n) is 10.5. The van der Waals surface area contributed by atoms with Gasteiger partial charge in [0.2, 0.25) is 0 Å². The molecule has 0 aliphatic carbocycles. The summed E-state index contributed by atoms with van der Waals surface area (Å²) in [6, 6.07) is 4.82. The molecule has 0 amide bonds. The van der Waals surface area contributed by atoms with Gasteiger partial charge in [0, 0.05) is 24.0 Å². The van der Waals surface area contributed by atoms with Gasteiger partial charge < -0.3 is 15.0 Å². The molecular weight excluding hydrogens is 232 g/mol. The lowest BCUT2D eigenvalue weighted by atomic mass is 10.3. The maximum Gasteiger partial charge on any atom is 0.0916 e. The molecule has 94 valence electrons. The van der Waals surface area contributed by atoms with Gasteiger partial charge in [-0.05, 0) is 32.2 Å². The molecule has 0 saturated carbocycles. The lowest BCUT2D eigenvalue weighted by molar-refractivity contribution is 0.123. The molecule has 1 saturated heterocycles. The van der Waals surface area contributed by atoms with Crippen LogP contribution in [0.4, 0.5) is 5.00 Å². The van der Waals surface area contributed by atoms with Crippen LogP contribution in [0.25, 0.3) is 6.08 Å². The Kier molecular flexibility index (Phi) is 4.59. The molecule has 0 bridgehead atoms. The first-order valence-electron chi connectivity index (χ1n) is 6.07. The lowest BCUT2D eigenvalue weighted by Crippen LogP contribution is -2.35. The molecule has 1 unspecified atom stereocenters. The molecule has 3 nitrogen and oxygen atoms in total. The number of morpholine rings is 1. The summed E-state index contributed by atoms with van der Waals surface area (Å²) in [4.78, 5) is 3.71. The van der Waals surface area contributed by atoms with Gasteiger partial charge in [-0.1, -0.05) is 6.08 Å². The molecule has 1 atom stereocenters. The number of nitrogens with one attached hydrogen (secondary N) is 1. The van der Waals surface area contributed by atoms with Crippen molar-refractivity contribution in [1.82, 2.24) is 5.32 Å². The molecule has 1 N–H and O–H groups in total. The van der Waals surface area contributed by atoms with Crippen LogP contribution in [0.15, 0.2) is 18.2 Å². The number of hydrogen-bond acceptors (Lipinski definition) is 4. The third-order valence-electron chi connectivity index (χ3n) is 2.94. The highest BCUT2D eigenvalue weighted by Crippen LogP contribution is 2.27. The van der Waals surface area contributed by atoms with Crippen LogP contribution in [0.5, 0.6) is 0 Å². The van der Waals surface area contributed by atoms with E-state index in [1.807, 2.05) is 18.4 Å². The largest absolute Gasteiger partial charge is 0.378 e. The Morgan fingerprint density at radius 1 is 1.41 bits per heavy atom. The Labute approximate surface area is 107 Å². The first kappa shape index (κ1) is 12.6. The van der Waals surface area contributed by atoms with E-state index in [-0.39, 0.29) is 0 Å². The Balaban J connectivity index is 1.97. The predicted molar refractivity (Wildman–Crippen MR) is 74.9 cm³/mol. The number of rotatable bonds is 4. The average molecular weight is 252 g/mol. The second-order valence-electron chi connectivity index (χ2n) is 4.21. The maximum absolute atomic E-state index is 5.36. The molecule has 0 radical (unpaired) electrons. The predicted octanol–water partition coefficient (Wildman–Crippen LogP) is 2.21. The molecular formula is C13H20N2OS. The van der Waals surface area contributed by atoms with Crippen molar-refractivity contribution in [3.63, 3.8) is 0 Å². The van der Waals surface area contributed by atoms with Gasteiger partial charge in [0.15, 0.2) is 0 Å². The van der Waals surface area contributed by atoms with Crippen molar-refractivity contribution < 1.29 is 4.74 Å². The van der Waals surface area contributed by atoms with Crippen molar-refractivity contribution in [2.24, 2.45) is 0 Å². The number of anilines is 1. The second-order valence-corrected chi connectivity index (χ2v) is 5.31. The fourth-order valence-corrected chi connectivity index (χ4v) is 2.69. The van der Waals surface area contributed by atoms with Crippen LogP contribution >= 0.6 is 11.3 Å². The van der Waals surface area contributed by atoms with Crippen LogP contribution in [-0.2, 0) is 4.74 Å². The van der Waals surface area contributed by atoms with Crippen molar-refractivity contribution in [3.05, 3.63) is 23.1 Å². The van der Waals surface area contributed by atoms with Crippen LogP contribution in [0.1, 0.15) is 11.8 Å². The van der Waals surface area contributed by atoms with Gasteiger partial charge in [0.1, 0.15) is 0 Å². The average Bonchev–Trinajstić information content (AvgIpc) is 2.86. The quantitative estimate of drug-likeness (QED) is 0.889. The Morgan fingerprint density at radius 2 is 2.18 bits per heavy atom. The smallest absolute Gasteiger partial charge is 0.0916 e. The first-order valence-corrected chi connectivity index (χ1v) is 6.89. The van der Waals surface area contributed by atoms with Gasteiger partial charge in [-0.3, -0.25) is 0 Å². The fourth-order valence-electron chi connectivity index (χ4n) is 1.72. The topological polar surface area (TPSA) is 24.5 Å². The number of nitrogens with zero attached hydrogens (tertiary/aromatic N) is 1. The molecule has 1 aliphatic heterocycles. The van der Waals surface area contributed by atoms with E-state index in [0.29, 0.717) is 6.04 Å². The molecule has 17 heavy (non-hydrogen) atoms. The molecule has 1 aromatic heterocycles. The molecule has 4 heteroatoms. The standard InChI is InChI=1S/C13H20N2OS/c1-11(14-2)3-4-12-5-6-13(17-12)15-7-9-16-10-8-15/h3-6,11,14H,7-10H2,1-2H3/b4-3+. The van der Waals surface area contributed by atoms with E-state index in [1.54, 1.807) is 0 Å². The lowest BCUT2D eigenvalue weighted by Gasteiger charge is -2.27. The van der Waals surface area contributed by atoms with E-state index in [1.165, 1.54) is 9.88 Å². The van der Waals surface area contributed by atoms with Crippen molar-refractivity contribution in [2.45, 2.75) is 13.0 Å². The SMILES string of the molecule is CNC(C)/C=C/c1ccc(N2CCOCC2)s1. The van der Waals surface area contributed by atoms with Gasteiger partial charge in [-0.15, -0.1) is 11.3 Å². The summed E-state index contributed by atoms with van der Waals surface area (Å²) in [6.07, 6.45) is 4.38. The van der Waals surface area contributed by atoms with Crippen LogP contribution < -0.4 is 10.2 Å². The summed E-state index contributed by atoms with van der Waals surface area (Å²) in [5, 5.41) is 4.55. The maximum atomic E-state index is 5.36. The van der Waals surface area contributed by atoms with E-state index in [9.17, 15) is 0 Å². The minimum Gasteiger partial charge on any atom is -0.378 e. The van der Waals surface area contributed by atoms with E-state index < -0.39 is 0 Å². The van der Waals surface area contributed by atoms with Crippen LogP contribution in [0.3, 0.4) is 0 Å². The van der Waals surface area contributed by atoms with Crippen LogP contribution in [0.2, 0.25) is 0 Å². The Morgan fingerprint density at radius 3 is 2.88 bits per heavy atom. The normalized spacial score (nSPS) is 18.8. The van der Waals surface area contributed by atoms with Gasteiger partial charge in [0.25, 0.3) is 0 Å². The second kappa shape index (κ2) is 6.19. The summed E-state index contributed by atoms with van der Waals surface area (Å²) in [6.45, 7) is 5.86. The number of hydrogen-bond donors (Lipinski definition) is 1. The zero-order valence-corrected chi connectivity index (χ0v) is 11.3. The summed E-state index contributed by atoms with van der Waals surface area (Å²) in [7, 11) is 1.97. The minimum absolute atomic E-state index is 0.420. The molecule has 1 aliphatic rings. The Hall–Kier alpha value is -0.840. The monoisotopic (exact) mass is 252 g/mol. The highest BCUT2D eigenvalue weighted by atomic mass is 32.1. The fraction of sp³-hybridized carbons (Fsp3) is 0.538. The van der Waals surface area contributed by atoms with Gasteiger partial charge in [-0.25, -0.2) is 0 Å². The molecule has 0 spiro atoms. The van der Waals surface area contributed by atoms with E-state index in [0.717, 1.165) is 26.3 Å². The zero-order chi connectivity index (χ0) is 12.1. The molecule has 2 heterocycles. The summed E-state index contributed by atoms with van der Waals surface area (Å²) >= 11 is 1.85. The van der Waals surface area contributed by atoms with E-state index in [2.05, 4.69) is 41.4 Å². The van der Waals surface area contributed by atoms with Crippen molar-refractivity contribution >= 4 is 22.4 Å². The summed E-state index contributed by atoms with van der Waals surface area (Å²) in [5.41, 5.74) is 0. The van der Waals surface area contributed by atoms with E-state index >= 15 is 0 Å². The highest BCUT2D eigenvalue weighted by Gasteiger charge is 2.12. The number of ether oxygens (including phenoxy) is 1. The van der Waals surface area contributed by atoms with Gasteiger partial charge >= 0.3 is 0 Å². The third kappa shape index (κ3) is 3.56. The highest BCUT2D eigenvalue weighted by molar-refractivity contribution is 7.16. The third-order valence-corrected chi connectivity index (χ3v) is 4.05. The Bertz CT molecular complexity index is 369. The number of likely N-dealkylation sites (N-methyl/N-ethyl adjacent to an activating group) is 1. The van der Waals surface area contributed by atoms with Gasteiger partial charge in [0.05, 0.1) is 18.2 Å². The molecule has 0 aromatic carbocycles.